The molecule has 0 aromatic heterocycles. The number of rotatable bonds is 2. The molecule has 0 spiro atoms. The van der Waals surface area contributed by atoms with Crippen LogP contribution in [-0.2, 0) is 9.59 Å². The van der Waals surface area contributed by atoms with Crippen molar-refractivity contribution in [1.82, 2.24) is 0 Å². The summed E-state index contributed by atoms with van der Waals surface area (Å²) >= 11 is 0. The van der Waals surface area contributed by atoms with Gasteiger partial charge >= 0.3 is 0 Å². The van der Waals surface area contributed by atoms with Gasteiger partial charge in [0.15, 0.2) is 0 Å². The highest BCUT2D eigenvalue weighted by Gasteiger charge is 2.61. The topological polar surface area (TPSA) is 34.1 Å². The maximum atomic E-state index is 13.7. The predicted octanol–water partition coefficient (Wildman–Crippen LogP) is 6.81. The Kier molecular flexibility index (Phi) is 5.07. The number of fused-ring (bicyclic) bond motifs is 6. The molecule has 10 atom stereocenters. The van der Waals surface area contributed by atoms with Crippen LogP contribution in [0.25, 0.3) is 0 Å². The molecule has 7 rings (SSSR count). The zero-order valence-corrected chi connectivity index (χ0v) is 20.0. The third-order valence-corrected chi connectivity index (χ3v) is 11.0. The highest BCUT2D eigenvalue weighted by atomic mass is 16.1. The fourth-order valence-electron chi connectivity index (χ4n) is 9.54. The van der Waals surface area contributed by atoms with Crippen LogP contribution >= 0.6 is 0 Å². The number of Topliss-reactive ketones (excluding diaryl/α,β-unsaturated/α-hetero) is 2. The third-order valence-electron chi connectivity index (χ3n) is 11.0. The average Bonchev–Trinajstić information content (AvgIpc) is 3.34. The lowest BCUT2D eigenvalue weighted by molar-refractivity contribution is -0.129. The summed E-state index contributed by atoms with van der Waals surface area (Å²) in [6.07, 6.45) is 8.85. The molecule has 2 aromatic carbocycles. The van der Waals surface area contributed by atoms with Crippen molar-refractivity contribution < 1.29 is 9.59 Å². The molecule has 2 heteroatoms. The van der Waals surface area contributed by atoms with Gasteiger partial charge < -0.3 is 0 Å². The smallest absolute Gasteiger partial charge is 0.139 e. The number of carbonyl (C=O) groups excluding carboxylic acids is 2. The van der Waals surface area contributed by atoms with Crippen LogP contribution in [0.2, 0.25) is 0 Å². The number of hydrogen-bond acceptors (Lipinski definition) is 2. The molecule has 2 aromatic rings. The molecular formula is C32H36O2. The Morgan fingerprint density at radius 1 is 0.441 bits per heavy atom. The van der Waals surface area contributed by atoms with Gasteiger partial charge in [-0.1, -0.05) is 60.7 Å². The van der Waals surface area contributed by atoms with Gasteiger partial charge in [0.25, 0.3) is 0 Å². The van der Waals surface area contributed by atoms with Crippen LogP contribution in [0.3, 0.4) is 0 Å². The summed E-state index contributed by atoms with van der Waals surface area (Å²) < 4.78 is 0. The molecule has 0 bridgehead atoms. The van der Waals surface area contributed by atoms with Gasteiger partial charge in [-0.2, -0.15) is 0 Å². The molecule has 176 valence electrons. The van der Waals surface area contributed by atoms with E-state index < -0.39 is 0 Å². The van der Waals surface area contributed by atoms with Crippen molar-refractivity contribution in [3.05, 3.63) is 71.8 Å². The summed E-state index contributed by atoms with van der Waals surface area (Å²) in [4.78, 5) is 27.5. The average molecular weight is 453 g/mol. The fraction of sp³-hybridized carbons (Fsp3) is 0.562. The van der Waals surface area contributed by atoms with Gasteiger partial charge in [-0.3, -0.25) is 9.59 Å². The van der Waals surface area contributed by atoms with Gasteiger partial charge in [0.1, 0.15) is 11.6 Å². The minimum absolute atomic E-state index is 0.240. The molecule has 0 radical (unpaired) electrons. The van der Waals surface area contributed by atoms with E-state index in [1.54, 1.807) is 0 Å². The van der Waals surface area contributed by atoms with Gasteiger partial charge in [-0.25, -0.2) is 0 Å². The zero-order chi connectivity index (χ0) is 22.8. The maximum absolute atomic E-state index is 13.7. The van der Waals surface area contributed by atoms with E-state index in [2.05, 4.69) is 60.7 Å². The summed E-state index contributed by atoms with van der Waals surface area (Å²) in [6.45, 7) is 0. The molecule has 0 amide bonds. The van der Waals surface area contributed by atoms with Crippen molar-refractivity contribution in [2.45, 2.75) is 63.2 Å². The number of hydrogen-bond donors (Lipinski definition) is 0. The number of benzene rings is 2. The predicted molar refractivity (Wildman–Crippen MR) is 133 cm³/mol. The second-order valence-electron chi connectivity index (χ2n) is 12.2. The second-order valence-corrected chi connectivity index (χ2v) is 12.2. The third kappa shape index (κ3) is 3.20. The quantitative estimate of drug-likeness (QED) is 0.501. The van der Waals surface area contributed by atoms with Crippen LogP contribution in [0.1, 0.15) is 74.3 Å². The molecule has 34 heavy (non-hydrogen) atoms. The van der Waals surface area contributed by atoms with E-state index in [4.69, 9.17) is 0 Å². The number of carbonyl (C=O) groups is 2. The van der Waals surface area contributed by atoms with Crippen LogP contribution in [0.5, 0.6) is 0 Å². The SMILES string of the molecule is O=C1C2CC(c3ccccc3)CCC2C2CC3C(=O)C4CC(c5ccccc5)CCC4C3CC12. The van der Waals surface area contributed by atoms with Gasteiger partial charge in [-0.05, 0) is 98.0 Å². The second kappa shape index (κ2) is 8.18. The first-order valence-electron chi connectivity index (χ1n) is 13.9. The Bertz CT molecular complexity index is 987. The van der Waals surface area contributed by atoms with E-state index in [-0.39, 0.29) is 23.7 Å². The van der Waals surface area contributed by atoms with E-state index in [1.165, 1.54) is 36.8 Å². The summed E-state index contributed by atoms with van der Waals surface area (Å²) in [6, 6.07) is 21.7. The van der Waals surface area contributed by atoms with Crippen molar-refractivity contribution >= 4 is 11.6 Å². The van der Waals surface area contributed by atoms with Crippen molar-refractivity contribution in [3.63, 3.8) is 0 Å². The lowest BCUT2D eigenvalue weighted by Gasteiger charge is -2.40. The maximum Gasteiger partial charge on any atom is 0.139 e. The molecule has 0 saturated heterocycles. The minimum Gasteiger partial charge on any atom is -0.299 e. The molecule has 2 nitrogen and oxygen atoms in total. The van der Waals surface area contributed by atoms with Crippen molar-refractivity contribution in [2.24, 2.45) is 47.3 Å². The summed E-state index contributed by atoms with van der Waals surface area (Å²) in [5, 5.41) is 0. The molecule has 0 aliphatic heterocycles. The molecule has 5 saturated carbocycles. The van der Waals surface area contributed by atoms with E-state index in [1.807, 2.05) is 0 Å². The first kappa shape index (κ1) is 21.1. The van der Waals surface area contributed by atoms with Crippen molar-refractivity contribution in [3.8, 4) is 0 Å². The molecule has 5 aliphatic carbocycles. The monoisotopic (exact) mass is 452 g/mol. The summed E-state index contributed by atoms with van der Waals surface area (Å²) in [7, 11) is 0. The molecule has 10 unspecified atom stereocenters. The van der Waals surface area contributed by atoms with Crippen LogP contribution in [0.4, 0.5) is 0 Å². The fourth-order valence-corrected chi connectivity index (χ4v) is 9.54. The Labute approximate surface area is 203 Å². The van der Waals surface area contributed by atoms with Gasteiger partial charge in [0.2, 0.25) is 0 Å². The minimum atomic E-state index is 0.240. The first-order valence-corrected chi connectivity index (χ1v) is 13.9. The van der Waals surface area contributed by atoms with E-state index >= 15 is 0 Å². The van der Waals surface area contributed by atoms with Crippen molar-refractivity contribution in [1.29, 1.82) is 0 Å². The highest BCUT2D eigenvalue weighted by molar-refractivity contribution is 5.90. The Morgan fingerprint density at radius 3 is 1.24 bits per heavy atom. The zero-order valence-electron chi connectivity index (χ0n) is 20.0. The lowest BCUT2D eigenvalue weighted by Crippen LogP contribution is -2.35. The van der Waals surface area contributed by atoms with Crippen LogP contribution in [0.15, 0.2) is 60.7 Å². The van der Waals surface area contributed by atoms with E-state index in [0.29, 0.717) is 47.1 Å². The molecule has 0 N–H and O–H groups in total. The van der Waals surface area contributed by atoms with Gasteiger partial charge in [0, 0.05) is 23.7 Å². The van der Waals surface area contributed by atoms with Crippen LogP contribution in [-0.4, -0.2) is 11.6 Å². The largest absolute Gasteiger partial charge is 0.299 e. The van der Waals surface area contributed by atoms with E-state index in [9.17, 15) is 9.59 Å². The van der Waals surface area contributed by atoms with E-state index in [0.717, 1.165) is 25.7 Å². The first-order chi connectivity index (χ1) is 16.7. The Hall–Kier alpha value is -2.22. The standard InChI is InChI=1S/C32H36O2/c33-31-27-15-21(19-7-3-1-4-8-19)11-13-23(27)25-17-30-26(18-29(25)31)24-14-12-22(16-28(24)32(30)34)20-9-5-2-6-10-20/h1-10,21-30H,11-18H2. The molecular weight excluding hydrogens is 416 g/mol. The Balaban J connectivity index is 1.09. The number of ketones is 2. The molecule has 0 heterocycles. The van der Waals surface area contributed by atoms with Gasteiger partial charge in [0.05, 0.1) is 0 Å². The highest BCUT2D eigenvalue weighted by Crippen LogP contribution is 2.62. The van der Waals surface area contributed by atoms with Crippen molar-refractivity contribution in [2.75, 3.05) is 0 Å². The summed E-state index contributed by atoms with van der Waals surface area (Å²) in [5.74, 6) is 5.20. The Morgan fingerprint density at radius 2 is 0.824 bits per heavy atom. The summed E-state index contributed by atoms with van der Waals surface area (Å²) in [5.41, 5.74) is 2.82. The van der Waals surface area contributed by atoms with Crippen LogP contribution in [0, 0.1) is 47.3 Å². The molecule has 5 fully saturated rings. The van der Waals surface area contributed by atoms with Gasteiger partial charge in [-0.15, -0.1) is 0 Å². The normalized spacial score (nSPS) is 43.1. The molecule has 5 aliphatic rings. The van der Waals surface area contributed by atoms with Crippen LogP contribution < -0.4 is 0 Å². The lowest BCUT2D eigenvalue weighted by atomic mass is 9.63.